The van der Waals surface area contributed by atoms with Crippen molar-refractivity contribution >= 4 is 85.2 Å². The fourth-order valence-electron chi connectivity index (χ4n) is 4.07. The summed E-state index contributed by atoms with van der Waals surface area (Å²) in [4.78, 5) is 44.4. The summed E-state index contributed by atoms with van der Waals surface area (Å²) < 4.78 is 0.843. The van der Waals surface area contributed by atoms with E-state index in [1.807, 2.05) is 66.9 Å². The quantitative estimate of drug-likeness (QED) is 0.0991. The number of hydrogen-bond acceptors (Lipinski definition) is 6. The number of anilines is 2. The Kier molecular flexibility index (Phi) is 10.9. The molecule has 11 heteroatoms. The molecule has 0 aliphatic heterocycles. The fourth-order valence-corrected chi connectivity index (χ4v) is 6.20. The molecule has 0 aliphatic rings. The van der Waals surface area contributed by atoms with Crippen LogP contribution in [0.2, 0.25) is 5.02 Å². The molecular weight excluding hydrogens is 692 g/mol. The number of amides is 3. The summed E-state index contributed by atoms with van der Waals surface area (Å²) in [6.07, 6.45) is 1.62. The summed E-state index contributed by atoms with van der Waals surface area (Å²) in [5.74, 6) is -1.05. The molecule has 1 unspecified atom stereocenters. The molecule has 0 bridgehead atoms. The molecule has 45 heavy (non-hydrogen) atoms. The zero-order valence-electron chi connectivity index (χ0n) is 23.8. The van der Waals surface area contributed by atoms with Crippen molar-refractivity contribution in [2.45, 2.75) is 17.1 Å². The maximum absolute atomic E-state index is 13.3. The van der Waals surface area contributed by atoms with E-state index in [0.717, 1.165) is 26.2 Å². The first-order valence-corrected chi connectivity index (χ1v) is 16.6. The van der Waals surface area contributed by atoms with Crippen molar-refractivity contribution in [2.75, 3.05) is 10.6 Å². The molecule has 0 fully saturated rings. The van der Waals surface area contributed by atoms with Crippen molar-refractivity contribution in [3.63, 3.8) is 0 Å². The molecule has 5 aromatic rings. The van der Waals surface area contributed by atoms with Crippen molar-refractivity contribution in [1.82, 2.24) is 10.3 Å². The standard InChI is InChI=1S/C34H26BrClN4O3S2/c1-21(31(41)40-34-39-30(20-44-34)23-10-12-26(36)13-11-23)45-28-16-14-27(15-17-28)37-33(43)29(19-22-6-5-9-25(35)18-22)38-32(42)24-7-3-2-4-8-24/h2-21H,1H3,(H,37,43)(H,38,42)(H,39,40,41)/b29-19-. The van der Waals surface area contributed by atoms with Crippen LogP contribution in [0.4, 0.5) is 10.8 Å². The Morgan fingerprint density at radius 3 is 2.36 bits per heavy atom. The Morgan fingerprint density at radius 1 is 0.911 bits per heavy atom. The predicted octanol–water partition coefficient (Wildman–Crippen LogP) is 8.75. The Hall–Kier alpha value is -4.22. The van der Waals surface area contributed by atoms with Gasteiger partial charge in [-0.3, -0.25) is 14.4 Å². The van der Waals surface area contributed by atoms with Crippen LogP contribution in [0, 0.1) is 0 Å². The first-order valence-electron chi connectivity index (χ1n) is 13.7. The SMILES string of the molecule is CC(Sc1ccc(NC(=O)/C(=C/c2cccc(Br)c2)NC(=O)c2ccccc2)cc1)C(=O)Nc1nc(-c2ccc(Cl)cc2)cs1. The number of aromatic nitrogens is 1. The molecule has 4 aromatic carbocycles. The van der Waals surface area contributed by atoms with Gasteiger partial charge >= 0.3 is 0 Å². The van der Waals surface area contributed by atoms with E-state index >= 15 is 0 Å². The van der Waals surface area contributed by atoms with Gasteiger partial charge in [-0.1, -0.05) is 70.0 Å². The lowest BCUT2D eigenvalue weighted by Gasteiger charge is -2.13. The third kappa shape index (κ3) is 9.15. The van der Waals surface area contributed by atoms with Crippen LogP contribution < -0.4 is 16.0 Å². The molecule has 0 radical (unpaired) electrons. The van der Waals surface area contributed by atoms with Gasteiger partial charge in [-0.05, 0) is 79.2 Å². The first-order chi connectivity index (χ1) is 21.7. The Labute approximate surface area is 282 Å². The number of halogens is 2. The maximum atomic E-state index is 13.3. The number of thiazole rings is 1. The Balaban J connectivity index is 1.21. The molecule has 5 rings (SSSR count). The summed E-state index contributed by atoms with van der Waals surface area (Å²) in [6.45, 7) is 1.82. The Bertz CT molecular complexity index is 1850. The molecule has 1 atom stereocenters. The van der Waals surface area contributed by atoms with Gasteiger partial charge in [0.25, 0.3) is 11.8 Å². The topological polar surface area (TPSA) is 100 Å². The molecule has 0 spiro atoms. The van der Waals surface area contributed by atoms with Crippen molar-refractivity contribution in [3.05, 3.63) is 135 Å². The fraction of sp³-hybridized carbons (Fsp3) is 0.0588. The van der Waals surface area contributed by atoms with Gasteiger partial charge in [0.05, 0.1) is 10.9 Å². The van der Waals surface area contributed by atoms with E-state index in [1.54, 1.807) is 54.6 Å². The molecule has 3 amide bonds. The van der Waals surface area contributed by atoms with Crippen LogP contribution in [0.5, 0.6) is 0 Å². The molecule has 3 N–H and O–H groups in total. The van der Waals surface area contributed by atoms with Crippen LogP contribution in [0.3, 0.4) is 0 Å². The smallest absolute Gasteiger partial charge is 0.272 e. The number of carbonyl (C=O) groups excluding carboxylic acids is 3. The lowest BCUT2D eigenvalue weighted by molar-refractivity contribution is -0.115. The van der Waals surface area contributed by atoms with Gasteiger partial charge in [0.1, 0.15) is 5.70 Å². The second kappa shape index (κ2) is 15.2. The van der Waals surface area contributed by atoms with Gasteiger partial charge in [-0.25, -0.2) is 4.98 Å². The molecule has 0 saturated carbocycles. The summed E-state index contributed by atoms with van der Waals surface area (Å²) in [7, 11) is 0. The van der Waals surface area contributed by atoms with Crippen LogP contribution >= 0.6 is 50.6 Å². The summed E-state index contributed by atoms with van der Waals surface area (Å²) in [5.41, 5.74) is 3.47. The molecule has 7 nitrogen and oxygen atoms in total. The minimum Gasteiger partial charge on any atom is -0.321 e. The summed E-state index contributed by atoms with van der Waals surface area (Å²) >= 11 is 12.2. The van der Waals surface area contributed by atoms with E-state index in [-0.39, 0.29) is 11.6 Å². The normalized spacial score (nSPS) is 11.8. The van der Waals surface area contributed by atoms with E-state index in [1.165, 1.54) is 23.1 Å². The van der Waals surface area contributed by atoms with Gasteiger partial charge in [-0.2, -0.15) is 0 Å². The van der Waals surface area contributed by atoms with Gasteiger partial charge in [0.15, 0.2) is 5.13 Å². The number of thioether (sulfide) groups is 1. The number of nitrogens with zero attached hydrogens (tertiary/aromatic N) is 1. The number of rotatable bonds is 10. The van der Waals surface area contributed by atoms with Crippen molar-refractivity contribution in [3.8, 4) is 11.3 Å². The number of nitrogens with one attached hydrogen (secondary N) is 3. The van der Waals surface area contributed by atoms with Crippen molar-refractivity contribution in [2.24, 2.45) is 0 Å². The lowest BCUT2D eigenvalue weighted by atomic mass is 10.1. The minimum atomic E-state index is -0.478. The van der Waals surface area contributed by atoms with Gasteiger partial charge in [0, 0.05) is 36.6 Å². The maximum Gasteiger partial charge on any atom is 0.272 e. The van der Waals surface area contributed by atoms with Crippen LogP contribution in [0.1, 0.15) is 22.8 Å². The van der Waals surface area contributed by atoms with Gasteiger partial charge in [0.2, 0.25) is 5.91 Å². The second-order valence-corrected chi connectivity index (χ2v) is 13.3. The molecule has 0 saturated heterocycles. The zero-order valence-corrected chi connectivity index (χ0v) is 27.8. The number of carbonyl (C=O) groups is 3. The predicted molar refractivity (Wildman–Crippen MR) is 188 cm³/mol. The monoisotopic (exact) mass is 716 g/mol. The highest BCUT2D eigenvalue weighted by molar-refractivity contribution is 9.10. The Morgan fingerprint density at radius 2 is 1.64 bits per heavy atom. The van der Waals surface area contributed by atoms with Crippen LogP contribution in [0.15, 0.2) is 124 Å². The largest absolute Gasteiger partial charge is 0.321 e. The number of hydrogen-bond donors (Lipinski definition) is 3. The van der Waals surface area contributed by atoms with E-state index in [4.69, 9.17) is 11.6 Å². The molecule has 1 heterocycles. The van der Waals surface area contributed by atoms with Crippen LogP contribution in [0.25, 0.3) is 17.3 Å². The number of benzene rings is 4. The molecule has 0 aliphatic carbocycles. The molecule has 1 aromatic heterocycles. The highest BCUT2D eigenvalue weighted by Crippen LogP contribution is 2.29. The summed E-state index contributed by atoms with van der Waals surface area (Å²) in [6, 6.07) is 30.6. The highest BCUT2D eigenvalue weighted by atomic mass is 79.9. The van der Waals surface area contributed by atoms with Crippen molar-refractivity contribution in [1.29, 1.82) is 0 Å². The van der Waals surface area contributed by atoms with Gasteiger partial charge in [-0.15, -0.1) is 23.1 Å². The third-order valence-electron chi connectivity index (χ3n) is 6.36. The van der Waals surface area contributed by atoms with E-state index in [9.17, 15) is 14.4 Å². The van der Waals surface area contributed by atoms with Crippen LogP contribution in [-0.2, 0) is 9.59 Å². The van der Waals surface area contributed by atoms with E-state index < -0.39 is 17.1 Å². The third-order valence-corrected chi connectivity index (χ3v) is 8.97. The molecular formula is C34H26BrClN4O3S2. The zero-order chi connectivity index (χ0) is 31.8. The van der Waals surface area contributed by atoms with E-state index in [0.29, 0.717) is 21.4 Å². The van der Waals surface area contributed by atoms with Crippen molar-refractivity contribution < 1.29 is 14.4 Å². The lowest BCUT2D eigenvalue weighted by Crippen LogP contribution is -2.30. The molecule has 226 valence electrons. The average molecular weight is 718 g/mol. The van der Waals surface area contributed by atoms with Crippen LogP contribution in [-0.4, -0.2) is 28.0 Å². The average Bonchev–Trinajstić information content (AvgIpc) is 3.50. The van der Waals surface area contributed by atoms with E-state index in [2.05, 4.69) is 36.9 Å². The first kappa shape index (κ1) is 32.2. The second-order valence-electron chi connectivity index (χ2n) is 9.71. The summed E-state index contributed by atoms with van der Waals surface area (Å²) in [5, 5.41) is 11.1. The minimum absolute atomic E-state index is 0.0899. The van der Waals surface area contributed by atoms with Gasteiger partial charge < -0.3 is 16.0 Å². The highest BCUT2D eigenvalue weighted by Gasteiger charge is 2.18.